The first-order chi connectivity index (χ1) is 9.65. The van der Waals surface area contributed by atoms with Gasteiger partial charge in [-0.3, -0.25) is 0 Å². The lowest BCUT2D eigenvalue weighted by atomic mass is 10.2. The highest BCUT2D eigenvalue weighted by molar-refractivity contribution is 9.10. The number of aromatic nitrogens is 2. The summed E-state index contributed by atoms with van der Waals surface area (Å²) in [5.74, 6) is 1.32. The van der Waals surface area contributed by atoms with Crippen molar-refractivity contribution in [1.29, 1.82) is 5.26 Å². The van der Waals surface area contributed by atoms with Gasteiger partial charge in [0.25, 0.3) is 0 Å². The lowest BCUT2D eigenvalue weighted by molar-refractivity contribution is 1.04. The van der Waals surface area contributed by atoms with Gasteiger partial charge in [-0.05, 0) is 41.1 Å². The van der Waals surface area contributed by atoms with Crippen LogP contribution < -0.4 is 10.2 Å². The molecule has 0 fully saturated rings. The first-order valence-electron chi connectivity index (χ1n) is 6.16. The number of halogens is 1. The average Bonchev–Trinajstić information content (AvgIpc) is 2.49. The molecule has 2 rings (SSSR count). The third-order valence-corrected chi connectivity index (χ3v) is 3.30. The largest absolute Gasteiger partial charge is 0.354 e. The summed E-state index contributed by atoms with van der Waals surface area (Å²) in [5.41, 5.74) is 1.51. The van der Waals surface area contributed by atoms with Crippen molar-refractivity contribution in [3.8, 4) is 6.07 Å². The van der Waals surface area contributed by atoms with Gasteiger partial charge in [-0.1, -0.05) is 6.07 Å². The smallest absolute Gasteiger partial charge is 0.224 e. The van der Waals surface area contributed by atoms with Crippen molar-refractivity contribution >= 4 is 33.4 Å². The van der Waals surface area contributed by atoms with Gasteiger partial charge in [-0.15, -0.1) is 0 Å². The maximum Gasteiger partial charge on any atom is 0.224 e. The predicted octanol–water partition coefficient (Wildman–Crippen LogP) is 3.31. The van der Waals surface area contributed by atoms with Gasteiger partial charge in [0.1, 0.15) is 0 Å². The van der Waals surface area contributed by atoms with Crippen molar-refractivity contribution in [3.05, 3.63) is 40.5 Å². The van der Waals surface area contributed by atoms with Crippen LogP contribution in [0.5, 0.6) is 0 Å². The van der Waals surface area contributed by atoms with Gasteiger partial charge >= 0.3 is 0 Å². The van der Waals surface area contributed by atoms with Gasteiger partial charge in [-0.2, -0.15) is 10.2 Å². The molecule has 1 aromatic heterocycles. The fraction of sp³-hybridized carbons (Fsp3) is 0.214. The zero-order valence-electron chi connectivity index (χ0n) is 11.3. The van der Waals surface area contributed by atoms with Crippen molar-refractivity contribution in [2.24, 2.45) is 0 Å². The molecule has 0 radical (unpaired) electrons. The van der Waals surface area contributed by atoms with Crippen LogP contribution in [0.1, 0.15) is 12.5 Å². The number of nitrogens with zero attached hydrogens (tertiary/aromatic N) is 4. The molecule has 0 atom stereocenters. The first-order valence-corrected chi connectivity index (χ1v) is 6.95. The predicted molar refractivity (Wildman–Crippen MR) is 83.1 cm³/mol. The number of hydrogen-bond acceptors (Lipinski definition) is 5. The van der Waals surface area contributed by atoms with Crippen LogP contribution in [0.4, 0.5) is 17.5 Å². The van der Waals surface area contributed by atoms with E-state index in [9.17, 15) is 0 Å². The molecule has 1 aromatic carbocycles. The minimum absolute atomic E-state index is 0.578. The zero-order chi connectivity index (χ0) is 14.5. The van der Waals surface area contributed by atoms with Crippen LogP contribution >= 0.6 is 15.9 Å². The number of anilines is 3. The summed E-state index contributed by atoms with van der Waals surface area (Å²) in [6.45, 7) is 2.75. The van der Waals surface area contributed by atoms with Crippen molar-refractivity contribution in [1.82, 2.24) is 9.97 Å². The summed E-state index contributed by atoms with van der Waals surface area (Å²) in [6.07, 6.45) is 1.71. The molecular formula is C14H14BrN5. The Morgan fingerprint density at radius 3 is 2.95 bits per heavy atom. The summed E-state index contributed by atoms with van der Waals surface area (Å²) >= 11 is 3.46. The normalized spacial score (nSPS) is 9.90. The van der Waals surface area contributed by atoms with Crippen LogP contribution in [0, 0.1) is 11.3 Å². The van der Waals surface area contributed by atoms with E-state index in [1.807, 2.05) is 37.1 Å². The highest BCUT2D eigenvalue weighted by atomic mass is 79.9. The summed E-state index contributed by atoms with van der Waals surface area (Å²) in [4.78, 5) is 10.6. The highest BCUT2D eigenvalue weighted by Gasteiger charge is 2.12. The molecule has 0 aliphatic carbocycles. The zero-order valence-corrected chi connectivity index (χ0v) is 12.8. The average molecular weight is 332 g/mol. The molecule has 1 N–H and O–H groups in total. The summed E-state index contributed by atoms with van der Waals surface area (Å²) in [7, 11) is 1.90. The Morgan fingerprint density at radius 1 is 1.45 bits per heavy atom. The highest BCUT2D eigenvalue weighted by Crippen LogP contribution is 2.29. The van der Waals surface area contributed by atoms with Crippen LogP contribution in [0.2, 0.25) is 0 Å². The van der Waals surface area contributed by atoms with Gasteiger partial charge in [0.15, 0.2) is 5.82 Å². The van der Waals surface area contributed by atoms with Crippen molar-refractivity contribution in [2.45, 2.75) is 6.92 Å². The number of hydrogen-bond donors (Lipinski definition) is 1. The van der Waals surface area contributed by atoms with E-state index in [4.69, 9.17) is 5.26 Å². The fourth-order valence-electron chi connectivity index (χ4n) is 1.74. The minimum atomic E-state index is 0.578. The number of nitrogens with one attached hydrogen (secondary N) is 1. The molecule has 6 heteroatoms. The molecule has 20 heavy (non-hydrogen) atoms. The van der Waals surface area contributed by atoms with Crippen LogP contribution in [-0.2, 0) is 0 Å². The molecule has 0 aliphatic heterocycles. The lowest BCUT2D eigenvalue weighted by Crippen LogP contribution is -2.14. The number of nitriles is 1. The van der Waals surface area contributed by atoms with Gasteiger partial charge in [-0.25, -0.2) is 4.98 Å². The molecule has 0 spiro atoms. The molecule has 0 aliphatic rings. The molecule has 102 valence electrons. The van der Waals surface area contributed by atoms with E-state index in [2.05, 4.69) is 37.3 Å². The van der Waals surface area contributed by atoms with Gasteiger partial charge < -0.3 is 10.2 Å². The van der Waals surface area contributed by atoms with Crippen LogP contribution in [0.3, 0.4) is 0 Å². The first kappa shape index (κ1) is 14.3. The van der Waals surface area contributed by atoms with Crippen LogP contribution in [-0.4, -0.2) is 23.6 Å². The molecular weight excluding hydrogens is 318 g/mol. The monoisotopic (exact) mass is 331 g/mol. The Morgan fingerprint density at radius 2 is 2.25 bits per heavy atom. The Balaban J connectivity index is 2.39. The van der Waals surface area contributed by atoms with E-state index < -0.39 is 0 Å². The summed E-state index contributed by atoms with van der Waals surface area (Å²) in [6, 6.07) is 9.52. The second-order valence-electron chi connectivity index (χ2n) is 4.12. The van der Waals surface area contributed by atoms with E-state index >= 15 is 0 Å². The van der Waals surface area contributed by atoms with E-state index in [0.29, 0.717) is 11.5 Å². The maximum atomic E-state index is 8.97. The van der Waals surface area contributed by atoms with Gasteiger partial charge in [0.05, 0.1) is 16.1 Å². The van der Waals surface area contributed by atoms with Crippen molar-refractivity contribution < 1.29 is 0 Å². The molecule has 0 unspecified atom stereocenters. The van der Waals surface area contributed by atoms with Crippen LogP contribution in [0.25, 0.3) is 0 Å². The summed E-state index contributed by atoms with van der Waals surface area (Å²) < 4.78 is 0.795. The summed E-state index contributed by atoms with van der Waals surface area (Å²) in [5, 5.41) is 12.1. The Labute approximate surface area is 126 Å². The molecule has 1 heterocycles. The SMILES string of the molecule is CCNc1ncc(Br)c(N(C)c2cccc(C#N)c2)n1. The number of benzene rings is 1. The Hall–Kier alpha value is -2.13. The molecule has 0 bridgehead atoms. The van der Waals surface area contributed by atoms with E-state index in [0.717, 1.165) is 22.5 Å². The number of rotatable bonds is 4. The van der Waals surface area contributed by atoms with Crippen molar-refractivity contribution in [3.63, 3.8) is 0 Å². The quantitative estimate of drug-likeness (QED) is 0.930. The van der Waals surface area contributed by atoms with Gasteiger partial charge in [0.2, 0.25) is 5.95 Å². The van der Waals surface area contributed by atoms with Crippen LogP contribution in [0.15, 0.2) is 34.9 Å². The fourth-order valence-corrected chi connectivity index (χ4v) is 2.20. The standard InChI is InChI=1S/C14H14BrN5/c1-3-17-14-18-9-12(15)13(19-14)20(2)11-6-4-5-10(7-11)8-16/h4-7,9H,3H2,1-2H3,(H,17,18,19). The van der Waals surface area contributed by atoms with E-state index in [-0.39, 0.29) is 0 Å². The molecule has 0 saturated carbocycles. The third kappa shape index (κ3) is 3.06. The third-order valence-electron chi connectivity index (χ3n) is 2.74. The van der Waals surface area contributed by atoms with E-state index in [1.165, 1.54) is 0 Å². The lowest BCUT2D eigenvalue weighted by Gasteiger charge is -2.20. The Kier molecular flexibility index (Phi) is 4.53. The maximum absolute atomic E-state index is 8.97. The second kappa shape index (κ2) is 6.35. The Bertz CT molecular complexity index is 650. The minimum Gasteiger partial charge on any atom is -0.354 e. The van der Waals surface area contributed by atoms with Gasteiger partial charge in [0, 0.05) is 25.5 Å². The van der Waals surface area contributed by atoms with E-state index in [1.54, 1.807) is 12.3 Å². The second-order valence-corrected chi connectivity index (χ2v) is 4.97. The topological polar surface area (TPSA) is 64.8 Å². The van der Waals surface area contributed by atoms with Crippen molar-refractivity contribution in [2.75, 3.05) is 23.8 Å². The molecule has 0 saturated heterocycles. The molecule has 5 nitrogen and oxygen atoms in total. The molecule has 2 aromatic rings. The molecule has 0 amide bonds.